The van der Waals surface area contributed by atoms with Crippen molar-refractivity contribution >= 4 is 34.4 Å². The first-order valence-corrected chi connectivity index (χ1v) is 12.5. The predicted octanol–water partition coefficient (Wildman–Crippen LogP) is 2.43. The highest BCUT2D eigenvalue weighted by molar-refractivity contribution is 6.01. The number of hydrogen-bond donors (Lipinski definition) is 2. The summed E-state index contributed by atoms with van der Waals surface area (Å²) in [5.74, 6) is -1.85. The monoisotopic (exact) mass is 552 g/mol. The van der Waals surface area contributed by atoms with E-state index in [1.807, 2.05) is 30.3 Å². The summed E-state index contributed by atoms with van der Waals surface area (Å²) in [4.78, 5) is 64.3. The van der Waals surface area contributed by atoms with Crippen LogP contribution in [0.4, 0.5) is 5.69 Å². The quantitative estimate of drug-likeness (QED) is 0.204. The summed E-state index contributed by atoms with van der Waals surface area (Å²) in [6.45, 7) is -0.463. The van der Waals surface area contributed by atoms with Crippen molar-refractivity contribution in [1.29, 1.82) is 0 Å². The van der Waals surface area contributed by atoms with E-state index in [2.05, 4.69) is 20.3 Å². The zero-order valence-corrected chi connectivity index (χ0v) is 21.8. The highest BCUT2D eigenvalue weighted by atomic mass is 16.5. The smallest absolute Gasteiger partial charge is 0.337 e. The summed E-state index contributed by atoms with van der Waals surface area (Å²) in [7, 11) is 1.26. The molecule has 3 aromatic heterocycles. The van der Waals surface area contributed by atoms with Gasteiger partial charge in [-0.25, -0.2) is 14.8 Å². The van der Waals surface area contributed by atoms with Gasteiger partial charge in [0.15, 0.2) is 5.58 Å². The lowest BCUT2D eigenvalue weighted by Gasteiger charge is -2.18. The van der Waals surface area contributed by atoms with Gasteiger partial charge in [0.05, 0.1) is 18.9 Å². The lowest BCUT2D eigenvalue weighted by atomic mass is 10.0. The van der Waals surface area contributed by atoms with Gasteiger partial charge >= 0.3 is 5.97 Å². The van der Waals surface area contributed by atoms with Crippen molar-refractivity contribution in [3.05, 3.63) is 107 Å². The summed E-state index contributed by atoms with van der Waals surface area (Å²) in [6, 6.07) is 15.8. The molecular formula is C29H24N6O6. The molecule has 2 aromatic carbocycles. The standard InChI is InChI=1S/C29H24N6O6/c1-40-29(39)18-9-10-23-21(13-18)34-27(41-23)25(37)22(12-17-6-3-2-4-7-17)33-24(36)16-35-26(19-8-5-11-31-14-19)32-15-20(30)28(35)38/h2-11,13-15,22H,12,16,30H2,1H3,(H,33,36). The van der Waals surface area contributed by atoms with Crippen LogP contribution in [0.2, 0.25) is 0 Å². The van der Waals surface area contributed by atoms with E-state index in [9.17, 15) is 19.2 Å². The van der Waals surface area contributed by atoms with E-state index in [4.69, 9.17) is 14.9 Å². The lowest BCUT2D eigenvalue weighted by Crippen LogP contribution is -2.45. The second kappa shape index (κ2) is 11.6. The number of Topliss-reactive ketones (excluding diaryl/α,β-unsaturated/α-hetero) is 1. The van der Waals surface area contributed by atoms with Crippen molar-refractivity contribution in [3.8, 4) is 11.4 Å². The molecule has 0 saturated heterocycles. The van der Waals surface area contributed by atoms with E-state index in [-0.39, 0.29) is 40.5 Å². The molecule has 0 fully saturated rings. The fraction of sp³-hybridized carbons (Fsp3) is 0.138. The largest absolute Gasteiger partial charge is 0.465 e. The molecule has 41 heavy (non-hydrogen) atoms. The van der Waals surface area contributed by atoms with E-state index in [0.29, 0.717) is 5.56 Å². The molecule has 1 unspecified atom stereocenters. The number of ketones is 1. The number of anilines is 1. The number of pyridine rings is 1. The number of rotatable bonds is 9. The molecule has 3 N–H and O–H groups in total. The Balaban J connectivity index is 1.45. The molecule has 5 aromatic rings. The van der Waals surface area contributed by atoms with Crippen molar-refractivity contribution in [2.45, 2.75) is 19.0 Å². The maximum Gasteiger partial charge on any atom is 0.337 e. The summed E-state index contributed by atoms with van der Waals surface area (Å²) in [5.41, 5.74) is 7.13. The normalized spacial score (nSPS) is 11.6. The van der Waals surface area contributed by atoms with Crippen LogP contribution in [-0.4, -0.2) is 50.3 Å². The number of benzene rings is 2. The number of aromatic nitrogens is 4. The SMILES string of the molecule is COC(=O)c1ccc2oc(C(=O)C(Cc3ccccc3)NC(=O)Cn3c(-c4cccnc4)ncc(N)c3=O)nc2c1. The third kappa shape index (κ3) is 5.86. The number of nitrogens with two attached hydrogens (primary N) is 1. The number of carbonyl (C=O) groups excluding carboxylic acids is 3. The predicted molar refractivity (Wildman–Crippen MR) is 148 cm³/mol. The topological polar surface area (TPSA) is 172 Å². The summed E-state index contributed by atoms with van der Waals surface area (Å²) in [6.07, 6.45) is 4.42. The molecule has 1 amide bonds. The van der Waals surface area contributed by atoms with Crippen LogP contribution in [0.5, 0.6) is 0 Å². The first-order valence-electron chi connectivity index (χ1n) is 12.5. The third-order valence-electron chi connectivity index (χ3n) is 6.25. The van der Waals surface area contributed by atoms with Gasteiger partial charge in [0.1, 0.15) is 29.6 Å². The third-order valence-corrected chi connectivity index (χ3v) is 6.25. The minimum Gasteiger partial charge on any atom is -0.465 e. The Morgan fingerprint density at radius 1 is 1.07 bits per heavy atom. The van der Waals surface area contributed by atoms with Crippen LogP contribution in [0.25, 0.3) is 22.5 Å². The summed E-state index contributed by atoms with van der Waals surface area (Å²) < 4.78 is 11.5. The fourth-order valence-electron chi connectivity index (χ4n) is 4.25. The molecule has 0 radical (unpaired) electrons. The second-order valence-corrected chi connectivity index (χ2v) is 9.04. The highest BCUT2D eigenvalue weighted by Crippen LogP contribution is 2.20. The molecule has 0 aliphatic carbocycles. The maximum atomic E-state index is 13.6. The van der Waals surface area contributed by atoms with Gasteiger partial charge in [-0.3, -0.25) is 23.9 Å². The summed E-state index contributed by atoms with van der Waals surface area (Å²) in [5, 5.41) is 2.71. The van der Waals surface area contributed by atoms with E-state index in [1.165, 1.54) is 37.7 Å². The maximum absolute atomic E-state index is 13.6. The lowest BCUT2D eigenvalue weighted by molar-refractivity contribution is -0.122. The Hall–Kier alpha value is -5.65. The van der Waals surface area contributed by atoms with Crippen LogP contribution in [0.1, 0.15) is 26.6 Å². The van der Waals surface area contributed by atoms with Crippen LogP contribution in [0.3, 0.4) is 0 Å². The number of hydrogen-bond acceptors (Lipinski definition) is 10. The zero-order chi connectivity index (χ0) is 28.9. The van der Waals surface area contributed by atoms with Crippen molar-refractivity contribution in [3.63, 3.8) is 0 Å². The molecule has 0 spiro atoms. The number of oxazole rings is 1. The molecule has 12 nitrogen and oxygen atoms in total. The van der Waals surface area contributed by atoms with Crippen molar-refractivity contribution in [2.75, 3.05) is 12.8 Å². The number of nitrogens with zero attached hydrogens (tertiary/aromatic N) is 4. The van der Waals surface area contributed by atoms with Gasteiger partial charge < -0.3 is 20.2 Å². The van der Waals surface area contributed by atoms with Gasteiger partial charge in [-0.05, 0) is 35.9 Å². The van der Waals surface area contributed by atoms with Gasteiger partial charge in [0.2, 0.25) is 11.7 Å². The van der Waals surface area contributed by atoms with Gasteiger partial charge in [-0.2, -0.15) is 0 Å². The Bertz CT molecular complexity index is 1800. The van der Waals surface area contributed by atoms with Crippen molar-refractivity contribution in [2.24, 2.45) is 0 Å². The average molecular weight is 553 g/mol. The minimum atomic E-state index is -1.09. The fourth-order valence-corrected chi connectivity index (χ4v) is 4.25. The van der Waals surface area contributed by atoms with Gasteiger partial charge in [0, 0.05) is 24.4 Å². The molecule has 0 saturated carbocycles. The summed E-state index contributed by atoms with van der Waals surface area (Å²) >= 11 is 0. The van der Waals surface area contributed by atoms with E-state index < -0.39 is 35.8 Å². The van der Waals surface area contributed by atoms with E-state index in [1.54, 1.807) is 18.3 Å². The van der Waals surface area contributed by atoms with E-state index >= 15 is 0 Å². The number of fused-ring (bicyclic) bond motifs is 1. The number of carbonyl (C=O) groups is 3. The molecule has 0 aliphatic heterocycles. The van der Waals surface area contributed by atoms with Gasteiger partial charge in [-0.1, -0.05) is 30.3 Å². The average Bonchev–Trinajstić information content (AvgIpc) is 3.43. The Labute approximate surface area is 232 Å². The van der Waals surface area contributed by atoms with Crippen LogP contribution < -0.4 is 16.6 Å². The molecular weight excluding hydrogens is 528 g/mol. The number of nitrogens with one attached hydrogen (secondary N) is 1. The van der Waals surface area contributed by atoms with Crippen LogP contribution >= 0.6 is 0 Å². The van der Waals surface area contributed by atoms with E-state index in [0.717, 1.165) is 10.1 Å². The van der Waals surface area contributed by atoms with Gasteiger partial charge in [0.25, 0.3) is 11.4 Å². The molecule has 5 rings (SSSR count). The van der Waals surface area contributed by atoms with Crippen LogP contribution in [0.15, 0.2) is 88.5 Å². The van der Waals surface area contributed by atoms with Crippen molar-refractivity contribution < 1.29 is 23.5 Å². The number of amides is 1. The first kappa shape index (κ1) is 26.9. The first-order chi connectivity index (χ1) is 19.8. The molecule has 12 heteroatoms. The van der Waals surface area contributed by atoms with Crippen LogP contribution in [-0.2, 0) is 22.5 Å². The van der Waals surface area contributed by atoms with Gasteiger partial charge in [-0.15, -0.1) is 0 Å². The number of ether oxygens (including phenoxy) is 1. The molecule has 3 heterocycles. The molecule has 1 atom stereocenters. The molecule has 0 aliphatic rings. The minimum absolute atomic E-state index is 0.122. The van der Waals surface area contributed by atoms with Crippen molar-refractivity contribution in [1.82, 2.24) is 24.8 Å². The molecule has 0 bridgehead atoms. The number of esters is 1. The second-order valence-electron chi connectivity index (χ2n) is 9.04. The number of methoxy groups -OCH3 is 1. The highest BCUT2D eigenvalue weighted by Gasteiger charge is 2.28. The Kier molecular flexibility index (Phi) is 7.63. The zero-order valence-electron chi connectivity index (χ0n) is 21.8. The Morgan fingerprint density at radius 3 is 2.61 bits per heavy atom. The molecule has 206 valence electrons. The Morgan fingerprint density at radius 2 is 1.88 bits per heavy atom. The number of nitrogen functional groups attached to an aromatic ring is 1. The van der Waals surface area contributed by atoms with Crippen LogP contribution in [0, 0.1) is 0 Å².